The molecule has 2 N–H and O–H groups in total. The summed E-state index contributed by atoms with van der Waals surface area (Å²) in [5.74, 6) is 7.00. The summed E-state index contributed by atoms with van der Waals surface area (Å²) in [7, 11) is 0. The van der Waals surface area contributed by atoms with E-state index in [1.54, 1.807) is 17.7 Å². The molecule has 1 aliphatic rings. The number of aryl methyl sites for hydroxylation is 1. The van der Waals surface area contributed by atoms with Gasteiger partial charge in [-0.15, -0.1) is 5.92 Å². The van der Waals surface area contributed by atoms with Gasteiger partial charge in [-0.2, -0.15) is 5.10 Å². The molecular weight excluding hydrogens is 460 g/mol. The number of carbonyl (C=O) groups is 1. The number of para-hydroxylation sites is 1. The van der Waals surface area contributed by atoms with Gasteiger partial charge in [0.05, 0.1) is 18.3 Å². The van der Waals surface area contributed by atoms with Gasteiger partial charge in [-0.1, -0.05) is 24.1 Å². The molecule has 4 heterocycles. The van der Waals surface area contributed by atoms with Crippen molar-refractivity contribution >= 4 is 34.0 Å². The highest BCUT2D eigenvalue weighted by atomic mass is 16.4. The van der Waals surface area contributed by atoms with Gasteiger partial charge in [0, 0.05) is 30.2 Å². The molecule has 0 aliphatic carbocycles. The Morgan fingerprint density at radius 3 is 2.86 bits per heavy atom. The topological polar surface area (TPSA) is 131 Å². The summed E-state index contributed by atoms with van der Waals surface area (Å²) in [5.41, 5.74) is 2.21. The smallest absolute Gasteiger partial charge is 0.404 e. The standard InChI is InChI=1S/C25H26N8O3/c1-3-4-12-32-22-20(30-24(32)31-11-7-8-17(14-31)28-25(35)36)13-26-33(23(22)34)15-21-27-16(2)18-9-5-6-10-19(18)29-21/h5-6,9-10,13,17,28H,7-8,11-12,14-15H2,1-2H3,(H,35,36)/t17-/m1/s1. The highest BCUT2D eigenvalue weighted by molar-refractivity contribution is 5.80. The molecule has 1 atom stereocenters. The number of aromatic nitrogens is 6. The van der Waals surface area contributed by atoms with Crippen molar-refractivity contribution < 1.29 is 9.90 Å². The van der Waals surface area contributed by atoms with Crippen LogP contribution in [0.2, 0.25) is 0 Å². The monoisotopic (exact) mass is 486 g/mol. The van der Waals surface area contributed by atoms with Gasteiger partial charge < -0.3 is 15.3 Å². The summed E-state index contributed by atoms with van der Waals surface area (Å²) in [6.07, 6.45) is 2.07. The number of anilines is 1. The van der Waals surface area contributed by atoms with Gasteiger partial charge in [0.2, 0.25) is 5.95 Å². The summed E-state index contributed by atoms with van der Waals surface area (Å²) in [4.78, 5) is 40.7. The van der Waals surface area contributed by atoms with Crippen molar-refractivity contribution in [3.8, 4) is 11.8 Å². The lowest BCUT2D eigenvalue weighted by Crippen LogP contribution is -2.48. The first-order valence-electron chi connectivity index (χ1n) is 11.8. The van der Waals surface area contributed by atoms with Crippen molar-refractivity contribution in [2.45, 2.75) is 45.8 Å². The molecule has 184 valence electrons. The van der Waals surface area contributed by atoms with Gasteiger partial charge in [-0.25, -0.2) is 24.4 Å². The number of amides is 1. The SMILES string of the molecule is CC#CCn1c(N2CCC[C@@H](NC(=O)O)C2)nc2cnn(Cc3nc(C)c4ccccc4n3)c(=O)c21. The number of fused-ring (bicyclic) bond motifs is 2. The number of rotatable bonds is 5. The third-order valence-electron chi connectivity index (χ3n) is 6.31. The van der Waals surface area contributed by atoms with Crippen LogP contribution in [0.1, 0.15) is 31.3 Å². The molecule has 0 unspecified atom stereocenters. The van der Waals surface area contributed by atoms with E-state index >= 15 is 0 Å². The molecule has 36 heavy (non-hydrogen) atoms. The van der Waals surface area contributed by atoms with E-state index in [0.717, 1.165) is 29.4 Å². The van der Waals surface area contributed by atoms with Crippen LogP contribution in [-0.2, 0) is 13.1 Å². The average molecular weight is 487 g/mol. The molecule has 11 heteroatoms. The van der Waals surface area contributed by atoms with Crippen LogP contribution in [0, 0.1) is 18.8 Å². The van der Waals surface area contributed by atoms with Gasteiger partial charge in [0.1, 0.15) is 17.6 Å². The van der Waals surface area contributed by atoms with Gasteiger partial charge in [0.25, 0.3) is 5.56 Å². The number of nitrogens with zero attached hydrogens (tertiary/aromatic N) is 7. The molecule has 3 aromatic heterocycles. The number of carboxylic acid groups (broad SMARTS) is 1. The normalized spacial score (nSPS) is 15.6. The number of hydrogen-bond donors (Lipinski definition) is 2. The van der Waals surface area contributed by atoms with Crippen molar-refractivity contribution in [1.82, 2.24) is 34.6 Å². The summed E-state index contributed by atoms with van der Waals surface area (Å²) in [5, 5.41) is 17.0. The van der Waals surface area contributed by atoms with E-state index in [9.17, 15) is 9.59 Å². The lowest BCUT2D eigenvalue weighted by molar-refractivity contribution is 0.188. The van der Waals surface area contributed by atoms with Crippen molar-refractivity contribution in [1.29, 1.82) is 0 Å². The quantitative estimate of drug-likeness (QED) is 0.410. The highest BCUT2D eigenvalue weighted by Gasteiger charge is 2.26. The minimum absolute atomic E-state index is 0.120. The third-order valence-corrected chi connectivity index (χ3v) is 6.31. The Balaban J connectivity index is 1.55. The van der Waals surface area contributed by atoms with Gasteiger partial charge in [-0.3, -0.25) is 9.36 Å². The summed E-state index contributed by atoms with van der Waals surface area (Å²) < 4.78 is 3.14. The lowest BCUT2D eigenvalue weighted by atomic mass is 10.1. The molecule has 0 spiro atoms. The maximum absolute atomic E-state index is 13.6. The average Bonchev–Trinajstić information content (AvgIpc) is 3.23. The number of piperidine rings is 1. The zero-order valence-corrected chi connectivity index (χ0v) is 20.1. The van der Waals surface area contributed by atoms with E-state index < -0.39 is 6.09 Å². The lowest BCUT2D eigenvalue weighted by Gasteiger charge is -2.33. The Labute approximate surface area is 206 Å². The summed E-state index contributed by atoms with van der Waals surface area (Å²) >= 11 is 0. The Hall–Kier alpha value is -4.46. The third kappa shape index (κ3) is 4.45. The molecule has 5 rings (SSSR count). The van der Waals surface area contributed by atoms with Gasteiger partial charge in [0.15, 0.2) is 5.82 Å². The van der Waals surface area contributed by atoms with Crippen LogP contribution in [-0.4, -0.2) is 59.6 Å². The number of imidazole rings is 1. The Kier molecular flexibility index (Phi) is 6.25. The minimum Gasteiger partial charge on any atom is -0.465 e. The highest BCUT2D eigenvalue weighted by Crippen LogP contribution is 2.23. The van der Waals surface area contributed by atoms with Crippen LogP contribution in [0.4, 0.5) is 10.7 Å². The molecule has 1 aliphatic heterocycles. The molecule has 11 nitrogen and oxygen atoms in total. The molecule has 1 aromatic carbocycles. The van der Waals surface area contributed by atoms with Crippen LogP contribution >= 0.6 is 0 Å². The molecule has 4 aromatic rings. The maximum Gasteiger partial charge on any atom is 0.404 e. The number of nitrogens with one attached hydrogen (secondary N) is 1. The van der Waals surface area contributed by atoms with Crippen LogP contribution < -0.4 is 15.8 Å². The Bertz CT molecular complexity index is 1580. The fourth-order valence-corrected chi connectivity index (χ4v) is 4.69. The second-order valence-corrected chi connectivity index (χ2v) is 8.74. The van der Waals surface area contributed by atoms with Crippen LogP contribution in [0.5, 0.6) is 0 Å². The molecule has 1 amide bonds. The fourth-order valence-electron chi connectivity index (χ4n) is 4.69. The number of benzene rings is 1. The van der Waals surface area contributed by atoms with Crippen molar-refractivity contribution in [3.63, 3.8) is 0 Å². The van der Waals surface area contributed by atoms with E-state index in [4.69, 9.17) is 10.1 Å². The number of hydrogen-bond acceptors (Lipinski definition) is 7. The molecule has 0 radical (unpaired) electrons. The summed E-state index contributed by atoms with van der Waals surface area (Å²) in [6, 6.07) is 7.53. The van der Waals surface area contributed by atoms with Crippen molar-refractivity contribution in [3.05, 3.63) is 52.3 Å². The van der Waals surface area contributed by atoms with Crippen LogP contribution in [0.3, 0.4) is 0 Å². The zero-order valence-electron chi connectivity index (χ0n) is 20.1. The molecule has 0 saturated carbocycles. The molecule has 0 bridgehead atoms. The predicted octanol–water partition coefficient (Wildman–Crippen LogP) is 2.15. The van der Waals surface area contributed by atoms with E-state index in [1.165, 1.54) is 4.68 Å². The second kappa shape index (κ2) is 9.65. The van der Waals surface area contributed by atoms with Crippen molar-refractivity contribution in [2.75, 3.05) is 18.0 Å². The minimum atomic E-state index is -1.05. The largest absolute Gasteiger partial charge is 0.465 e. The molecular formula is C25H26N8O3. The van der Waals surface area contributed by atoms with Crippen LogP contribution in [0.25, 0.3) is 21.9 Å². The van der Waals surface area contributed by atoms with Gasteiger partial charge in [-0.05, 0) is 32.8 Å². The van der Waals surface area contributed by atoms with E-state index in [2.05, 4.69) is 32.2 Å². The first-order valence-corrected chi connectivity index (χ1v) is 11.8. The second-order valence-electron chi connectivity index (χ2n) is 8.74. The maximum atomic E-state index is 13.6. The fraction of sp³-hybridized carbons (Fsp3) is 0.360. The molecule has 1 saturated heterocycles. The van der Waals surface area contributed by atoms with E-state index in [0.29, 0.717) is 35.9 Å². The first-order chi connectivity index (χ1) is 17.4. The van der Waals surface area contributed by atoms with Gasteiger partial charge >= 0.3 is 6.09 Å². The Morgan fingerprint density at radius 1 is 1.22 bits per heavy atom. The summed E-state index contributed by atoms with van der Waals surface area (Å²) in [6.45, 7) is 5.22. The predicted molar refractivity (Wildman–Crippen MR) is 135 cm³/mol. The van der Waals surface area contributed by atoms with Crippen LogP contribution in [0.15, 0.2) is 35.3 Å². The van der Waals surface area contributed by atoms with Crippen molar-refractivity contribution in [2.24, 2.45) is 0 Å². The zero-order chi connectivity index (χ0) is 25.2. The first kappa shape index (κ1) is 23.3. The van der Waals surface area contributed by atoms with E-state index in [1.807, 2.05) is 36.1 Å². The molecule has 1 fully saturated rings. The Morgan fingerprint density at radius 2 is 2.06 bits per heavy atom. The van der Waals surface area contributed by atoms with E-state index in [-0.39, 0.29) is 24.7 Å².